The smallest absolute Gasteiger partial charge is 0.269 e. The summed E-state index contributed by atoms with van der Waals surface area (Å²) in [4.78, 5) is 30.6. The van der Waals surface area contributed by atoms with Crippen LogP contribution in [0.5, 0.6) is 0 Å². The van der Waals surface area contributed by atoms with Gasteiger partial charge in [-0.2, -0.15) is 0 Å². The van der Waals surface area contributed by atoms with Gasteiger partial charge in [-0.3, -0.25) is 14.6 Å². The first-order chi connectivity index (χ1) is 14.1. The monoisotopic (exact) mass is 399 g/mol. The number of likely N-dealkylation sites (tertiary alicyclic amines) is 1. The van der Waals surface area contributed by atoms with Crippen molar-refractivity contribution in [1.29, 1.82) is 0 Å². The van der Waals surface area contributed by atoms with Gasteiger partial charge in [0, 0.05) is 32.4 Å². The predicted molar refractivity (Wildman–Crippen MR) is 102 cm³/mol. The van der Waals surface area contributed by atoms with Crippen LogP contribution in [-0.2, 0) is 16.1 Å². The first-order valence-corrected chi connectivity index (χ1v) is 9.95. The van der Waals surface area contributed by atoms with Crippen LogP contribution in [0.25, 0.3) is 0 Å². The fourth-order valence-electron chi connectivity index (χ4n) is 4.13. The second-order valence-electron chi connectivity index (χ2n) is 7.70. The molecule has 0 bridgehead atoms. The van der Waals surface area contributed by atoms with Gasteiger partial charge in [0.25, 0.3) is 5.91 Å². The molecule has 4 heterocycles. The number of hydrogen-bond acceptors (Lipinski definition) is 7. The van der Waals surface area contributed by atoms with Crippen molar-refractivity contribution in [3.63, 3.8) is 0 Å². The number of aromatic nitrogens is 5. The van der Waals surface area contributed by atoms with E-state index in [9.17, 15) is 9.59 Å². The maximum absolute atomic E-state index is 12.4. The molecule has 1 N–H and O–H groups in total. The lowest BCUT2D eigenvalue weighted by molar-refractivity contribution is -0.147. The molecule has 2 saturated heterocycles. The highest BCUT2D eigenvalue weighted by Gasteiger charge is 2.41. The van der Waals surface area contributed by atoms with Crippen LogP contribution in [0, 0.1) is 5.92 Å². The summed E-state index contributed by atoms with van der Waals surface area (Å²) in [5.41, 5.74) is 0.230. The third kappa shape index (κ3) is 4.76. The molecule has 2 aliphatic rings. The molecule has 1 atom stereocenters. The Morgan fingerprint density at radius 2 is 2.14 bits per heavy atom. The molecule has 1 spiro atoms. The standard InChI is InChI=1S/C19H25N7O3/c27-17(13-26-14-22-23-24-26)25-8-5-19(6-9-25)11-15(4-10-29-19)12-21-18(28)16-3-1-2-7-20-16/h1-3,7,14-15H,4-6,8-13H2,(H,21,28). The number of carbonyl (C=O) groups excluding carboxylic acids is 2. The zero-order valence-electron chi connectivity index (χ0n) is 16.2. The summed E-state index contributed by atoms with van der Waals surface area (Å²) in [6.45, 7) is 2.77. The van der Waals surface area contributed by atoms with Crippen molar-refractivity contribution in [1.82, 2.24) is 35.4 Å². The van der Waals surface area contributed by atoms with Crippen LogP contribution < -0.4 is 5.32 Å². The van der Waals surface area contributed by atoms with Crippen molar-refractivity contribution in [2.24, 2.45) is 5.92 Å². The number of amides is 2. The van der Waals surface area contributed by atoms with E-state index in [-0.39, 0.29) is 24.0 Å². The van der Waals surface area contributed by atoms with E-state index in [2.05, 4.69) is 25.8 Å². The summed E-state index contributed by atoms with van der Waals surface area (Å²) in [6, 6.07) is 5.31. The van der Waals surface area contributed by atoms with Gasteiger partial charge in [0.15, 0.2) is 0 Å². The Labute approximate surface area is 168 Å². The molecular weight excluding hydrogens is 374 g/mol. The Hall–Kier alpha value is -2.88. The fraction of sp³-hybridized carbons (Fsp3) is 0.579. The summed E-state index contributed by atoms with van der Waals surface area (Å²) >= 11 is 0. The lowest BCUT2D eigenvalue weighted by atomic mass is 9.79. The van der Waals surface area contributed by atoms with Gasteiger partial charge in [-0.15, -0.1) is 5.10 Å². The Morgan fingerprint density at radius 1 is 1.28 bits per heavy atom. The topological polar surface area (TPSA) is 115 Å². The number of ether oxygens (including phenoxy) is 1. The second kappa shape index (κ2) is 8.64. The number of nitrogens with one attached hydrogen (secondary N) is 1. The lowest BCUT2D eigenvalue weighted by Crippen LogP contribution is -2.52. The van der Waals surface area contributed by atoms with E-state index in [1.807, 2.05) is 4.90 Å². The molecule has 2 aliphatic heterocycles. The summed E-state index contributed by atoms with van der Waals surface area (Å²) in [6.07, 6.45) is 6.49. The molecule has 154 valence electrons. The van der Waals surface area contributed by atoms with E-state index in [1.165, 1.54) is 11.0 Å². The second-order valence-corrected chi connectivity index (χ2v) is 7.70. The van der Waals surface area contributed by atoms with Gasteiger partial charge in [0.2, 0.25) is 5.91 Å². The average molecular weight is 399 g/mol. The summed E-state index contributed by atoms with van der Waals surface area (Å²) in [5.74, 6) is 0.233. The van der Waals surface area contributed by atoms with E-state index in [0.29, 0.717) is 37.9 Å². The third-order valence-electron chi connectivity index (χ3n) is 5.76. The normalized spacial score (nSPS) is 21.1. The Bertz CT molecular complexity index is 820. The molecule has 10 heteroatoms. The number of hydrogen-bond donors (Lipinski definition) is 1. The minimum absolute atomic E-state index is 0.0159. The zero-order valence-corrected chi connectivity index (χ0v) is 16.2. The molecule has 2 aromatic rings. The van der Waals surface area contributed by atoms with Crippen molar-refractivity contribution in [2.45, 2.75) is 37.8 Å². The van der Waals surface area contributed by atoms with E-state index in [0.717, 1.165) is 25.7 Å². The lowest BCUT2D eigenvalue weighted by Gasteiger charge is -2.46. The van der Waals surface area contributed by atoms with Crippen molar-refractivity contribution in [3.05, 3.63) is 36.4 Å². The minimum atomic E-state index is -0.204. The van der Waals surface area contributed by atoms with Crippen LogP contribution in [0.4, 0.5) is 0 Å². The average Bonchev–Trinajstić information content (AvgIpc) is 3.26. The molecule has 4 rings (SSSR count). The maximum atomic E-state index is 12.4. The van der Waals surface area contributed by atoms with Gasteiger partial charge < -0.3 is 15.0 Å². The number of carbonyl (C=O) groups is 2. The predicted octanol–water partition coefficient (Wildman–Crippen LogP) is 0.286. The minimum Gasteiger partial charge on any atom is -0.375 e. The van der Waals surface area contributed by atoms with Gasteiger partial charge in [-0.25, -0.2) is 4.68 Å². The van der Waals surface area contributed by atoms with E-state index >= 15 is 0 Å². The summed E-state index contributed by atoms with van der Waals surface area (Å²) in [5, 5.41) is 13.9. The quantitative estimate of drug-likeness (QED) is 0.768. The number of rotatable bonds is 5. The fourth-order valence-corrected chi connectivity index (χ4v) is 4.13. The van der Waals surface area contributed by atoms with Crippen LogP contribution in [0.2, 0.25) is 0 Å². The number of nitrogens with zero attached hydrogens (tertiary/aromatic N) is 6. The Kier molecular flexibility index (Phi) is 5.79. The molecule has 2 fully saturated rings. The largest absolute Gasteiger partial charge is 0.375 e. The number of tetrazole rings is 1. The molecule has 1 unspecified atom stereocenters. The maximum Gasteiger partial charge on any atom is 0.269 e. The third-order valence-corrected chi connectivity index (χ3v) is 5.76. The molecule has 10 nitrogen and oxygen atoms in total. The van der Waals surface area contributed by atoms with Crippen LogP contribution in [0.1, 0.15) is 36.2 Å². The highest BCUT2D eigenvalue weighted by molar-refractivity contribution is 5.92. The van der Waals surface area contributed by atoms with Crippen molar-refractivity contribution in [2.75, 3.05) is 26.2 Å². The van der Waals surface area contributed by atoms with Gasteiger partial charge in [-0.05, 0) is 54.2 Å². The molecule has 0 saturated carbocycles. The molecule has 29 heavy (non-hydrogen) atoms. The summed E-state index contributed by atoms with van der Waals surface area (Å²) < 4.78 is 7.60. The molecule has 0 radical (unpaired) electrons. The van der Waals surface area contributed by atoms with Gasteiger partial charge in [0.1, 0.15) is 18.6 Å². The number of piperidine rings is 1. The molecule has 2 aromatic heterocycles. The van der Waals surface area contributed by atoms with Gasteiger partial charge in [-0.1, -0.05) is 6.07 Å². The molecule has 0 aliphatic carbocycles. The molecule has 2 amide bonds. The van der Waals surface area contributed by atoms with Crippen LogP contribution in [0.15, 0.2) is 30.7 Å². The van der Waals surface area contributed by atoms with Crippen molar-refractivity contribution in [3.8, 4) is 0 Å². The van der Waals surface area contributed by atoms with E-state index < -0.39 is 0 Å². The van der Waals surface area contributed by atoms with Crippen molar-refractivity contribution < 1.29 is 14.3 Å². The SMILES string of the molecule is O=C(NCC1CCOC2(CCN(C(=O)Cn3cnnn3)CC2)C1)c1ccccn1. The first kappa shape index (κ1) is 19.4. The molecular formula is C19H25N7O3. The zero-order chi connectivity index (χ0) is 20.1. The molecule has 0 aromatic carbocycles. The Balaban J connectivity index is 1.26. The Morgan fingerprint density at radius 3 is 2.86 bits per heavy atom. The van der Waals surface area contributed by atoms with Crippen LogP contribution in [-0.4, -0.2) is 73.7 Å². The van der Waals surface area contributed by atoms with E-state index in [1.54, 1.807) is 24.4 Å². The summed E-state index contributed by atoms with van der Waals surface area (Å²) in [7, 11) is 0. The van der Waals surface area contributed by atoms with E-state index in [4.69, 9.17) is 4.74 Å². The highest BCUT2D eigenvalue weighted by atomic mass is 16.5. The van der Waals surface area contributed by atoms with Crippen LogP contribution >= 0.6 is 0 Å². The van der Waals surface area contributed by atoms with Crippen LogP contribution in [0.3, 0.4) is 0 Å². The van der Waals surface area contributed by atoms with Crippen molar-refractivity contribution >= 4 is 11.8 Å². The first-order valence-electron chi connectivity index (χ1n) is 9.95. The van der Waals surface area contributed by atoms with Gasteiger partial charge >= 0.3 is 0 Å². The highest BCUT2D eigenvalue weighted by Crippen LogP contribution is 2.37. The number of pyridine rings is 1. The van der Waals surface area contributed by atoms with Gasteiger partial charge in [0.05, 0.1) is 5.60 Å².